The van der Waals surface area contributed by atoms with Crippen LogP contribution in [0, 0.1) is 0 Å². The Kier molecular flexibility index (Phi) is 10.7. The van der Waals surface area contributed by atoms with Gasteiger partial charge in [-0.05, 0) is 31.9 Å². The number of para-hydroxylation sites is 1. The van der Waals surface area contributed by atoms with E-state index in [-0.39, 0.29) is 18.3 Å². The summed E-state index contributed by atoms with van der Waals surface area (Å²) in [4.78, 5) is 0. The number of ether oxygens (including phenoxy) is 4. The van der Waals surface area contributed by atoms with Gasteiger partial charge in [0.1, 0.15) is 11.9 Å². The Morgan fingerprint density at radius 1 is 0.957 bits per heavy atom. The van der Waals surface area contributed by atoms with Crippen molar-refractivity contribution in [1.29, 1.82) is 0 Å². The molecule has 0 spiro atoms. The minimum Gasteiger partial charge on any atom is -0.485 e. The Morgan fingerprint density at radius 3 is 2.30 bits per heavy atom. The van der Waals surface area contributed by atoms with E-state index in [4.69, 9.17) is 18.9 Å². The van der Waals surface area contributed by atoms with Crippen molar-refractivity contribution in [2.75, 3.05) is 26.9 Å². The van der Waals surface area contributed by atoms with Crippen molar-refractivity contribution >= 4 is 0 Å². The van der Waals surface area contributed by atoms with Crippen LogP contribution in [0.25, 0.3) is 0 Å². The average molecular weight is 324 g/mol. The van der Waals surface area contributed by atoms with E-state index >= 15 is 0 Å². The van der Waals surface area contributed by atoms with Crippen molar-refractivity contribution in [2.45, 2.75) is 58.3 Å². The molecule has 0 unspecified atom stereocenters. The molecular weight excluding hydrogens is 292 g/mol. The molecule has 23 heavy (non-hydrogen) atoms. The highest BCUT2D eigenvalue weighted by atomic mass is 16.6. The molecule has 1 aromatic carbocycles. The van der Waals surface area contributed by atoms with Gasteiger partial charge in [-0.25, -0.2) is 0 Å². The fraction of sp³-hybridized carbons (Fsp3) is 0.684. The van der Waals surface area contributed by atoms with Crippen LogP contribution in [0.15, 0.2) is 30.3 Å². The highest BCUT2D eigenvalue weighted by Crippen LogP contribution is 2.19. The molecule has 0 bridgehead atoms. The summed E-state index contributed by atoms with van der Waals surface area (Å²) in [6, 6.07) is 9.81. The zero-order valence-corrected chi connectivity index (χ0v) is 15.0. The first-order valence-corrected chi connectivity index (χ1v) is 8.66. The Labute approximate surface area is 141 Å². The highest BCUT2D eigenvalue weighted by molar-refractivity contribution is 5.21. The predicted molar refractivity (Wildman–Crippen MR) is 93.1 cm³/mol. The lowest BCUT2D eigenvalue weighted by molar-refractivity contribution is -0.113. The number of methoxy groups -OCH3 is 1. The van der Waals surface area contributed by atoms with Crippen LogP contribution < -0.4 is 4.74 Å². The third-order valence-electron chi connectivity index (χ3n) is 3.59. The van der Waals surface area contributed by atoms with Gasteiger partial charge in [-0.15, -0.1) is 0 Å². The second kappa shape index (κ2) is 12.3. The van der Waals surface area contributed by atoms with Gasteiger partial charge < -0.3 is 18.9 Å². The van der Waals surface area contributed by atoms with Crippen molar-refractivity contribution in [2.24, 2.45) is 0 Å². The van der Waals surface area contributed by atoms with E-state index in [1.807, 2.05) is 37.3 Å². The van der Waals surface area contributed by atoms with Crippen LogP contribution in [0.3, 0.4) is 0 Å². The number of unbranched alkanes of at least 4 members (excludes halogenated alkanes) is 1. The summed E-state index contributed by atoms with van der Waals surface area (Å²) in [6.45, 7) is 8.20. The van der Waals surface area contributed by atoms with Crippen LogP contribution >= 0.6 is 0 Å². The lowest BCUT2D eigenvalue weighted by Crippen LogP contribution is -2.46. The van der Waals surface area contributed by atoms with Gasteiger partial charge in [0.2, 0.25) is 0 Å². The highest BCUT2D eigenvalue weighted by Gasteiger charge is 2.30. The summed E-state index contributed by atoms with van der Waals surface area (Å²) in [5, 5.41) is 0. The molecule has 0 saturated carbocycles. The third-order valence-corrected chi connectivity index (χ3v) is 3.59. The Bertz CT molecular complexity index is 382. The predicted octanol–water partition coefficient (Wildman–Crippen LogP) is 4.08. The van der Waals surface area contributed by atoms with E-state index in [1.165, 1.54) is 0 Å². The Morgan fingerprint density at radius 2 is 1.70 bits per heavy atom. The van der Waals surface area contributed by atoms with E-state index in [9.17, 15) is 0 Å². The first kappa shape index (κ1) is 19.9. The molecule has 0 aliphatic heterocycles. The summed E-state index contributed by atoms with van der Waals surface area (Å²) in [5.74, 6) is 0.824. The maximum Gasteiger partial charge on any atom is 0.153 e. The second-order valence-corrected chi connectivity index (χ2v) is 5.69. The van der Waals surface area contributed by atoms with E-state index in [1.54, 1.807) is 7.11 Å². The van der Waals surface area contributed by atoms with E-state index < -0.39 is 0 Å². The topological polar surface area (TPSA) is 36.9 Å². The summed E-state index contributed by atoms with van der Waals surface area (Å²) in [6.07, 6.45) is 2.69. The molecule has 0 heterocycles. The first-order chi connectivity index (χ1) is 11.2. The molecule has 0 amide bonds. The molecule has 4 nitrogen and oxygen atoms in total. The van der Waals surface area contributed by atoms with Crippen LogP contribution in [0.5, 0.6) is 5.75 Å². The molecule has 132 valence electrons. The van der Waals surface area contributed by atoms with Crippen molar-refractivity contribution in [3.8, 4) is 5.75 Å². The van der Waals surface area contributed by atoms with Crippen LogP contribution in [0.2, 0.25) is 0 Å². The minimum absolute atomic E-state index is 0.0706. The van der Waals surface area contributed by atoms with Crippen LogP contribution in [-0.2, 0) is 14.2 Å². The molecule has 0 radical (unpaired) electrons. The monoisotopic (exact) mass is 324 g/mol. The summed E-state index contributed by atoms with van der Waals surface area (Å²) in [5.41, 5.74) is 0. The van der Waals surface area contributed by atoms with Crippen molar-refractivity contribution in [1.82, 2.24) is 0 Å². The van der Waals surface area contributed by atoms with E-state index in [0.717, 1.165) is 31.6 Å². The standard InChI is InChI=1S/C19H32O4/c1-5-7-14-21-16(3)19(18(15-20-4)22-13-6-2)23-17-11-9-8-10-12-17/h8-12,16,18-19H,5-7,13-15H2,1-4H3/t16-,18-,19-/m0/s1. The molecule has 1 rings (SSSR count). The van der Waals surface area contributed by atoms with Crippen molar-refractivity contribution in [3.05, 3.63) is 30.3 Å². The quantitative estimate of drug-likeness (QED) is 0.512. The molecule has 0 fully saturated rings. The van der Waals surface area contributed by atoms with E-state index in [0.29, 0.717) is 13.2 Å². The van der Waals surface area contributed by atoms with Gasteiger partial charge in [-0.1, -0.05) is 38.5 Å². The SMILES string of the molecule is CCCCO[C@@H](C)[C@H](Oc1ccccc1)[C@H](COC)OCCC. The lowest BCUT2D eigenvalue weighted by Gasteiger charge is -2.32. The molecular formula is C19H32O4. The van der Waals surface area contributed by atoms with Gasteiger partial charge in [0.15, 0.2) is 6.10 Å². The lowest BCUT2D eigenvalue weighted by atomic mass is 10.1. The molecule has 4 heteroatoms. The van der Waals surface area contributed by atoms with Gasteiger partial charge in [0.05, 0.1) is 12.7 Å². The maximum atomic E-state index is 6.19. The largest absolute Gasteiger partial charge is 0.485 e. The first-order valence-electron chi connectivity index (χ1n) is 8.66. The number of hydrogen-bond donors (Lipinski definition) is 0. The summed E-state index contributed by atoms with van der Waals surface area (Å²) >= 11 is 0. The molecule has 0 aromatic heterocycles. The summed E-state index contributed by atoms with van der Waals surface area (Å²) < 4.78 is 23.5. The summed E-state index contributed by atoms with van der Waals surface area (Å²) in [7, 11) is 1.69. The smallest absolute Gasteiger partial charge is 0.153 e. The molecule has 3 atom stereocenters. The Balaban J connectivity index is 2.78. The van der Waals surface area contributed by atoms with Gasteiger partial charge >= 0.3 is 0 Å². The molecule has 0 aliphatic carbocycles. The second-order valence-electron chi connectivity index (χ2n) is 5.69. The number of benzene rings is 1. The van der Waals surface area contributed by atoms with Gasteiger partial charge in [0.25, 0.3) is 0 Å². The van der Waals surface area contributed by atoms with Crippen molar-refractivity contribution in [3.63, 3.8) is 0 Å². The maximum absolute atomic E-state index is 6.19. The Hall–Kier alpha value is -1.10. The minimum atomic E-state index is -0.208. The molecule has 0 N–H and O–H groups in total. The zero-order chi connectivity index (χ0) is 16.9. The van der Waals surface area contributed by atoms with Crippen LogP contribution in [-0.4, -0.2) is 45.2 Å². The normalized spacial score (nSPS) is 15.1. The van der Waals surface area contributed by atoms with Gasteiger partial charge in [-0.3, -0.25) is 0 Å². The average Bonchev–Trinajstić information content (AvgIpc) is 2.58. The fourth-order valence-corrected chi connectivity index (χ4v) is 2.31. The fourth-order valence-electron chi connectivity index (χ4n) is 2.31. The van der Waals surface area contributed by atoms with Crippen LogP contribution in [0.4, 0.5) is 0 Å². The third kappa shape index (κ3) is 7.82. The van der Waals surface area contributed by atoms with Gasteiger partial charge in [-0.2, -0.15) is 0 Å². The van der Waals surface area contributed by atoms with E-state index in [2.05, 4.69) is 13.8 Å². The molecule has 1 aromatic rings. The van der Waals surface area contributed by atoms with Gasteiger partial charge in [0, 0.05) is 20.3 Å². The number of hydrogen-bond acceptors (Lipinski definition) is 4. The zero-order valence-electron chi connectivity index (χ0n) is 15.0. The molecule has 0 aliphatic rings. The molecule has 0 saturated heterocycles. The number of rotatable bonds is 13. The van der Waals surface area contributed by atoms with Crippen LogP contribution in [0.1, 0.15) is 40.0 Å². The van der Waals surface area contributed by atoms with Crippen molar-refractivity contribution < 1.29 is 18.9 Å².